The first-order chi connectivity index (χ1) is 10.5. The molecule has 0 amide bonds. The number of nitrogens with two attached hydrogens (primary N) is 1. The standard InChI is InChI=1S/C16H26N2O4S/c1-11(2)14(15(19)22-16(3,4)5)18-23(20,21)13-8-6-7-12(9-13)10-17/h6-9,11,14,18H,10,17H2,1-5H3/t14-/m0/s1. The van der Waals surface area contributed by atoms with Crippen molar-refractivity contribution in [2.45, 2.75) is 57.7 Å². The van der Waals surface area contributed by atoms with Crippen LogP contribution in [0.25, 0.3) is 0 Å². The summed E-state index contributed by atoms with van der Waals surface area (Å²) >= 11 is 0. The summed E-state index contributed by atoms with van der Waals surface area (Å²) in [4.78, 5) is 12.3. The first-order valence-corrected chi connectivity index (χ1v) is 8.99. The number of carbonyl (C=O) groups is 1. The topological polar surface area (TPSA) is 98.5 Å². The fraction of sp³-hybridized carbons (Fsp3) is 0.562. The highest BCUT2D eigenvalue weighted by Gasteiger charge is 2.32. The smallest absolute Gasteiger partial charge is 0.324 e. The Hall–Kier alpha value is -1.44. The Morgan fingerprint density at radius 2 is 1.91 bits per heavy atom. The van der Waals surface area contributed by atoms with Gasteiger partial charge in [0.25, 0.3) is 0 Å². The fourth-order valence-electron chi connectivity index (χ4n) is 1.90. The molecule has 130 valence electrons. The van der Waals surface area contributed by atoms with Crippen LogP contribution in [0.15, 0.2) is 29.2 Å². The van der Waals surface area contributed by atoms with Crippen LogP contribution in [-0.4, -0.2) is 26.0 Å². The molecule has 0 aromatic heterocycles. The summed E-state index contributed by atoms with van der Waals surface area (Å²) in [6, 6.07) is 5.37. The molecule has 0 aliphatic heterocycles. The maximum Gasteiger partial charge on any atom is 0.324 e. The minimum atomic E-state index is -3.84. The summed E-state index contributed by atoms with van der Waals surface area (Å²) in [7, 11) is -3.84. The zero-order chi connectivity index (χ0) is 17.8. The van der Waals surface area contributed by atoms with Crippen LogP contribution in [0.5, 0.6) is 0 Å². The van der Waals surface area contributed by atoms with E-state index in [9.17, 15) is 13.2 Å². The third kappa shape index (κ3) is 5.93. The Morgan fingerprint density at radius 3 is 2.39 bits per heavy atom. The monoisotopic (exact) mass is 342 g/mol. The lowest BCUT2D eigenvalue weighted by atomic mass is 10.1. The molecule has 0 aliphatic carbocycles. The van der Waals surface area contributed by atoms with E-state index in [1.807, 2.05) is 0 Å². The molecule has 0 spiro atoms. The summed E-state index contributed by atoms with van der Waals surface area (Å²) < 4.78 is 32.8. The number of benzene rings is 1. The van der Waals surface area contributed by atoms with Gasteiger partial charge in [0.15, 0.2) is 0 Å². The third-order valence-electron chi connectivity index (χ3n) is 3.05. The van der Waals surface area contributed by atoms with E-state index in [1.54, 1.807) is 46.8 Å². The lowest BCUT2D eigenvalue weighted by Crippen LogP contribution is -2.47. The van der Waals surface area contributed by atoms with Crippen LogP contribution in [0, 0.1) is 5.92 Å². The summed E-state index contributed by atoms with van der Waals surface area (Å²) in [5.74, 6) is -0.844. The first-order valence-electron chi connectivity index (χ1n) is 7.50. The van der Waals surface area contributed by atoms with Crippen LogP contribution in [0.3, 0.4) is 0 Å². The molecule has 1 rings (SSSR count). The molecule has 6 nitrogen and oxygen atoms in total. The van der Waals surface area contributed by atoms with Crippen LogP contribution in [0.4, 0.5) is 0 Å². The molecule has 0 saturated heterocycles. The van der Waals surface area contributed by atoms with E-state index in [0.717, 1.165) is 0 Å². The molecule has 1 atom stereocenters. The van der Waals surface area contributed by atoms with Gasteiger partial charge in [-0.3, -0.25) is 4.79 Å². The fourth-order valence-corrected chi connectivity index (χ4v) is 3.30. The number of sulfonamides is 1. The van der Waals surface area contributed by atoms with Crippen molar-refractivity contribution in [1.82, 2.24) is 4.72 Å². The van der Waals surface area contributed by atoms with E-state index in [4.69, 9.17) is 10.5 Å². The summed E-state index contributed by atoms with van der Waals surface area (Å²) in [6.45, 7) is 8.97. The molecule has 0 fully saturated rings. The van der Waals surface area contributed by atoms with Gasteiger partial charge in [0.2, 0.25) is 10.0 Å². The van der Waals surface area contributed by atoms with Gasteiger partial charge < -0.3 is 10.5 Å². The molecule has 0 radical (unpaired) electrons. The second-order valence-corrected chi connectivity index (χ2v) is 8.44. The van der Waals surface area contributed by atoms with Gasteiger partial charge in [-0.15, -0.1) is 0 Å². The lowest BCUT2D eigenvalue weighted by Gasteiger charge is -2.26. The Labute approximate surface area is 138 Å². The molecule has 7 heteroatoms. The maximum atomic E-state index is 12.5. The van der Waals surface area contributed by atoms with Crippen molar-refractivity contribution in [2.24, 2.45) is 11.7 Å². The average molecular weight is 342 g/mol. The van der Waals surface area contributed by atoms with E-state index in [1.165, 1.54) is 12.1 Å². The molecule has 23 heavy (non-hydrogen) atoms. The first kappa shape index (κ1) is 19.6. The molecular formula is C16H26N2O4S. The van der Waals surface area contributed by atoms with Gasteiger partial charge in [-0.05, 0) is 44.4 Å². The number of nitrogens with one attached hydrogen (secondary N) is 1. The number of carbonyl (C=O) groups excluding carboxylic acids is 1. The van der Waals surface area contributed by atoms with Crippen molar-refractivity contribution in [2.75, 3.05) is 0 Å². The van der Waals surface area contributed by atoms with Crippen molar-refractivity contribution in [1.29, 1.82) is 0 Å². The van der Waals surface area contributed by atoms with E-state index in [-0.39, 0.29) is 17.4 Å². The molecule has 0 bridgehead atoms. The van der Waals surface area contributed by atoms with Gasteiger partial charge >= 0.3 is 5.97 Å². The van der Waals surface area contributed by atoms with Crippen LogP contribution < -0.4 is 10.5 Å². The zero-order valence-electron chi connectivity index (χ0n) is 14.3. The predicted molar refractivity (Wildman–Crippen MR) is 89.1 cm³/mol. The molecule has 1 aromatic carbocycles. The molecule has 3 N–H and O–H groups in total. The second kappa shape index (κ2) is 7.42. The number of hydrogen-bond acceptors (Lipinski definition) is 5. The summed E-state index contributed by atoms with van der Waals surface area (Å²) in [5.41, 5.74) is 5.55. The van der Waals surface area contributed by atoms with E-state index in [2.05, 4.69) is 4.72 Å². The van der Waals surface area contributed by atoms with Crippen molar-refractivity contribution >= 4 is 16.0 Å². The van der Waals surface area contributed by atoms with Gasteiger partial charge in [-0.2, -0.15) is 4.72 Å². The van der Waals surface area contributed by atoms with E-state index in [0.29, 0.717) is 5.56 Å². The third-order valence-corrected chi connectivity index (χ3v) is 4.49. The van der Waals surface area contributed by atoms with Crippen LogP contribution in [0.2, 0.25) is 0 Å². The highest BCUT2D eigenvalue weighted by Crippen LogP contribution is 2.16. The number of rotatable bonds is 6. The minimum Gasteiger partial charge on any atom is -0.459 e. The second-order valence-electron chi connectivity index (χ2n) is 6.73. The number of hydrogen-bond donors (Lipinski definition) is 2. The van der Waals surface area contributed by atoms with Crippen LogP contribution >= 0.6 is 0 Å². The maximum absolute atomic E-state index is 12.5. The Kier molecular flexibility index (Phi) is 6.33. The summed E-state index contributed by atoms with van der Waals surface area (Å²) in [6.07, 6.45) is 0. The van der Waals surface area contributed by atoms with Crippen LogP contribution in [0.1, 0.15) is 40.2 Å². The molecule has 1 aromatic rings. The van der Waals surface area contributed by atoms with Gasteiger partial charge in [0.1, 0.15) is 11.6 Å². The Bertz CT molecular complexity index is 648. The molecule has 0 unspecified atom stereocenters. The van der Waals surface area contributed by atoms with Crippen molar-refractivity contribution in [3.05, 3.63) is 29.8 Å². The Morgan fingerprint density at radius 1 is 1.30 bits per heavy atom. The quantitative estimate of drug-likeness (QED) is 0.768. The van der Waals surface area contributed by atoms with Gasteiger partial charge in [0.05, 0.1) is 4.90 Å². The Balaban J connectivity index is 3.05. The van der Waals surface area contributed by atoms with Crippen LogP contribution in [-0.2, 0) is 26.1 Å². The van der Waals surface area contributed by atoms with E-state index >= 15 is 0 Å². The van der Waals surface area contributed by atoms with E-state index < -0.39 is 27.6 Å². The van der Waals surface area contributed by atoms with Crippen molar-refractivity contribution in [3.8, 4) is 0 Å². The predicted octanol–water partition coefficient (Wildman–Crippen LogP) is 1.79. The van der Waals surface area contributed by atoms with Crippen molar-refractivity contribution < 1.29 is 17.9 Å². The highest BCUT2D eigenvalue weighted by molar-refractivity contribution is 7.89. The molecular weight excluding hydrogens is 316 g/mol. The van der Waals surface area contributed by atoms with Crippen molar-refractivity contribution in [3.63, 3.8) is 0 Å². The number of esters is 1. The van der Waals surface area contributed by atoms with Gasteiger partial charge in [-0.1, -0.05) is 26.0 Å². The molecule has 0 aliphatic rings. The lowest BCUT2D eigenvalue weighted by molar-refractivity contribution is -0.158. The summed E-state index contributed by atoms with van der Waals surface area (Å²) in [5, 5.41) is 0. The largest absolute Gasteiger partial charge is 0.459 e. The number of ether oxygens (including phenoxy) is 1. The molecule has 0 saturated carbocycles. The average Bonchev–Trinajstić information content (AvgIpc) is 2.42. The minimum absolute atomic E-state index is 0.0784. The zero-order valence-corrected chi connectivity index (χ0v) is 15.1. The normalized spacial score (nSPS) is 13.9. The molecule has 0 heterocycles. The SMILES string of the molecule is CC(C)[C@H](NS(=O)(=O)c1cccc(CN)c1)C(=O)OC(C)(C)C. The highest BCUT2D eigenvalue weighted by atomic mass is 32.2. The van der Waals surface area contributed by atoms with Gasteiger partial charge in [0, 0.05) is 6.54 Å². The van der Waals surface area contributed by atoms with Gasteiger partial charge in [-0.25, -0.2) is 8.42 Å².